The van der Waals surface area contributed by atoms with Gasteiger partial charge in [0.15, 0.2) is 0 Å². The van der Waals surface area contributed by atoms with Crippen molar-refractivity contribution in [3.05, 3.63) is 81.7 Å². The number of para-hydroxylation sites is 1. The molecule has 2 aromatic heterocycles. The Morgan fingerprint density at radius 1 is 1.12 bits per heavy atom. The molecule has 9 heteroatoms. The minimum absolute atomic E-state index is 0.119. The zero-order valence-corrected chi connectivity index (χ0v) is 18.0. The van der Waals surface area contributed by atoms with E-state index in [2.05, 4.69) is 15.3 Å². The number of rotatable bonds is 7. The van der Waals surface area contributed by atoms with E-state index in [0.717, 1.165) is 23.3 Å². The number of nitrogens with zero attached hydrogens (tertiary/aromatic N) is 2. The van der Waals surface area contributed by atoms with Gasteiger partial charge in [0.05, 0.1) is 18.5 Å². The summed E-state index contributed by atoms with van der Waals surface area (Å²) in [5, 5.41) is 4.70. The van der Waals surface area contributed by atoms with E-state index in [0.29, 0.717) is 22.6 Å². The molecule has 164 valence electrons. The second-order valence-electron chi connectivity index (χ2n) is 7.16. The Hall–Kier alpha value is -3.43. The minimum Gasteiger partial charge on any atom is -0.320 e. The number of aromatic amines is 1. The maximum Gasteiger partial charge on any atom is 0.260 e. The summed E-state index contributed by atoms with van der Waals surface area (Å²) in [5.41, 5.74) is 1.03. The van der Waals surface area contributed by atoms with Gasteiger partial charge in [0.2, 0.25) is 5.91 Å². The molecule has 0 radical (unpaired) electrons. The van der Waals surface area contributed by atoms with Gasteiger partial charge in [-0.05, 0) is 24.2 Å². The van der Waals surface area contributed by atoms with Gasteiger partial charge in [0, 0.05) is 10.9 Å². The molecule has 4 rings (SSSR count). The summed E-state index contributed by atoms with van der Waals surface area (Å²) >= 11 is 1.38. The molecular weight excluding hydrogens is 434 g/mol. The Balaban J connectivity index is 1.51. The number of thiophene rings is 1. The Labute approximate surface area is 186 Å². The Morgan fingerprint density at radius 2 is 1.84 bits per heavy atom. The van der Waals surface area contributed by atoms with Gasteiger partial charge in [-0.2, -0.15) is 0 Å². The predicted molar refractivity (Wildman–Crippen MR) is 122 cm³/mol. The molecule has 0 fully saturated rings. The van der Waals surface area contributed by atoms with E-state index >= 15 is 0 Å². The Bertz CT molecular complexity index is 1300. The van der Waals surface area contributed by atoms with E-state index in [1.807, 2.05) is 42.6 Å². The largest absolute Gasteiger partial charge is 0.320 e. The number of likely N-dealkylation sites (N-methyl/N-ethyl adjacent to an activating group) is 1. The number of nitrogens with one attached hydrogen (secondary N) is 2. The molecule has 6 nitrogen and oxygen atoms in total. The first kappa shape index (κ1) is 21.8. The number of carbonyl (C=O) groups is 1. The van der Waals surface area contributed by atoms with Crippen molar-refractivity contribution in [2.75, 3.05) is 18.4 Å². The van der Waals surface area contributed by atoms with E-state index < -0.39 is 23.2 Å². The van der Waals surface area contributed by atoms with Crippen molar-refractivity contribution in [3.8, 4) is 11.1 Å². The fourth-order valence-corrected chi connectivity index (χ4v) is 4.36. The summed E-state index contributed by atoms with van der Waals surface area (Å²) in [6, 6.07) is 13.0. The number of aromatic nitrogens is 2. The van der Waals surface area contributed by atoms with Gasteiger partial charge >= 0.3 is 0 Å². The molecule has 0 aliphatic rings. The molecule has 2 aromatic carbocycles. The highest BCUT2D eigenvalue weighted by Gasteiger charge is 2.17. The second-order valence-corrected chi connectivity index (χ2v) is 8.01. The van der Waals surface area contributed by atoms with Gasteiger partial charge < -0.3 is 10.3 Å². The maximum atomic E-state index is 13.8. The van der Waals surface area contributed by atoms with Crippen LogP contribution >= 0.6 is 11.3 Å². The highest BCUT2D eigenvalue weighted by Crippen LogP contribution is 2.30. The van der Waals surface area contributed by atoms with Crippen LogP contribution in [0.1, 0.15) is 12.7 Å². The summed E-state index contributed by atoms with van der Waals surface area (Å²) < 4.78 is 27.6. The van der Waals surface area contributed by atoms with Gasteiger partial charge in [-0.25, -0.2) is 13.8 Å². The third kappa shape index (κ3) is 4.58. The van der Waals surface area contributed by atoms with E-state index in [9.17, 15) is 18.4 Å². The smallest absolute Gasteiger partial charge is 0.260 e. The van der Waals surface area contributed by atoms with Crippen molar-refractivity contribution < 1.29 is 13.6 Å². The molecule has 0 aliphatic carbocycles. The summed E-state index contributed by atoms with van der Waals surface area (Å²) in [7, 11) is 0. The molecule has 2 N–H and O–H groups in total. The summed E-state index contributed by atoms with van der Waals surface area (Å²) in [4.78, 5) is 34.8. The van der Waals surface area contributed by atoms with Crippen LogP contribution in [0.25, 0.3) is 21.3 Å². The average molecular weight is 455 g/mol. The topological polar surface area (TPSA) is 78.1 Å². The van der Waals surface area contributed by atoms with Crippen LogP contribution in [-0.2, 0) is 11.3 Å². The van der Waals surface area contributed by atoms with E-state index in [-0.39, 0.29) is 18.6 Å². The molecule has 1 amide bonds. The van der Waals surface area contributed by atoms with Gasteiger partial charge in [0.25, 0.3) is 5.56 Å². The van der Waals surface area contributed by atoms with Crippen LogP contribution in [0.4, 0.5) is 14.5 Å². The van der Waals surface area contributed by atoms with Gasteiger partial charge in [-0.3, -0.25) is 14.5 Å². The monoisotopic (exact) mass is 454 g/mol. The molecule has 0 spiro atoms. The lowest BCUT2D eigenvalue weighted by Gasteiger charge is -2.19. The number of halogens is 2. The fraction of sp³-hybridized carbons (Fsp3) is 0.174. The minimum atomic E-state index is -0.843. The van der Waals surface area contributed by atoms with Crippen LogP contribution in [0, 0.1) is 11.6 Å². The zero-order chi connectivity index (χ0) is 22.7. The van der Waals surface area contributed by atoms with Crippen LogP contribution in [0.2, 0.25) is 0 Å². The standard InChI is InChI=1S/C23H20F2N4O2S/c1-2-29(12-19(30)28-21-16(24)9-6-10-17(21)25)11-18-26-22(31)20-15(13-32-23(20)27-18)14-7-4-3-5-8-14/h3-10,13H,2,11-12H2,1H3,(H,28,30)(H,26,27,31). The number of H-pyrrole nitrogens is 1. The number of hydrogen-bond acceptors (Lipinski definition) is 5. The third-order valence-electron chi connectivity index (χ3n) is 4.99. The van der Waals surface area contributed by atoms with Crippen molar-refractivity contribution in [1.29, 1.82) is 0 Å². The normalized spacial score (nSPS) is 11.2. The van der Waals surface area contributed by atoms with Crippen molar-refractivity contribution in [3.63, 3.8) is 0 Å². The first-order chi connectivity index (χ1) is 15.5. The second kappa shape index (κ2) is 9.37. The van der Waals surface area contributed by atoms with Crippen LogP contribution in [0.15, 0.2) is 58.7 Å². The SMILES string of the molecule is CCN(CC(=O)Nc1c(F)cccc1F)Cc1nc2scc(-c3ccccc3)c2c(=O)[nH]1. The molecule has 0 bridgehead atoms. The first-order valence-electron chi connectivity index (χ1n) is 9.98. The van der Waals surface area contributed by atoms with E-state index in [1.54, 1.807) is 4.90 Å². The quantitative estimate of drug-likeness (QED) is 0.434. The molecule has 0 saturated heterocycles. The zero-order valence-electron chi connectivity index (χ0n) is 17.2. The summed E-state index contributed by atoms with van der Waals surface area (Å²) in [6.45, 7) is 2.39. The predicted octanol–water partition coefficient (Wildman–Crippen LogP) is 4.39. The van der Waals surface area contributed by atoms with E-state index in [1.165, 1.54) is 17.4 Å². The lowest BCUT2D eigenvalue weighted by atomic mass is 10.1. The lowest BCUT2D eigenvalue weighted by molar-refractivity contribution is -0.117. The highest BCUT2D eigenvalue weighted by molar-refractivity contribution is 7.17. The highest BCUT2D eigenvalue weighted by atomic mass is 32.1. The molecule has 32 heavy (non-hydrogen) atoms. The summed E-state index contributed by atoms with van der Waals surface area (Å²) in [5.74, 6) is -1.84. The van der Waals surface area contributed by atoms with Crippen LogP contribution in [0.3, 0.4) is 0 Å². The number of fused-ring (bicyclic) bond motifs is 1. The molecule has 4 aromatic rings. The number of hydrogen-bond donors (Lipinski definition) is 2. The summed E-state index contributed by atoms with van der Waals surface area (Å²) in [6.07, 6.45) is 0. The molecule has 0 saturated carbocycles. The first-order valence-corrected chi connectivity index (χ1v) is 10.9. The number of amides is 1. The average Bonchev–Trinajstić information content (AvgIpc) is 3.21. The van der Waals surface area contributed by atoms with Gasteiger partial charge in [0.1, 0.15) is 28.0 Å². The van der Waals surface area contributed by atoms with Crippen LogP contribution in [0.5, 0.6) is 0 Å². The lowest BCUT2D eigenvalue weighted by Crippen LogP contribution is -2.34. The van der Waals surface area contributed by atoms with Gasteiger partial charge in [-0.15, -0.1) is 11.3 Å². The molecule has 0 aliphatic heterocycles. The molecule has 2 heterocycles. The van der Waals surface area contributed by atoms with Crippen LogP contribution < -0.4 is 10.9 Å². The number of benzene rings is 2. The Kier molecular flexibility index (Phi) is 6.38. The number of carbonyl (C=O) groups excluding carboxylic acids is 1. The van der Waals surface area contributed by atoms with Crippen molar-refractivity contribution in [1.82, 2.24) is 14.9 Å². The maximum absolute atomic E-state index is 13.8. The van der Waals surface area contributed by atoms with E-state index in [4.69, 9.17) is 0 Å². The molecule has 0 unspecified atom stereocenters. The van der Waals surface area contributed by atoms with Crippen molar-refractivity contribution >= 4 is 33.1 Å². The fourth-order valence-electron chi connectivity index (χ4n) is 3.39. The van der Waals surface area contributed by atoms with Gasteiger partial charge in [-0.1, -0.05) is 43.3 Å². The number of anilines is 1. The molecule has 0 atom stereocenters. The Morgan fingerprint density at radius 3 is 2.53 bits per heavy atom. The molecular formula is C23H20F2N4O2S. The van der Waals surface area contributed by atoms with Crippen molar-refractivity contribution in [2.24, 2.45) is 0 Å². The van der Waals surface area contributed by atoms with Crippen molar-refractivity contribution in [2.45, 2.75) is 13.5 Å². The third-order valence-corrected chi connectivity index (χ3v) is 5.86. The van der Waals surface area contributed by atoms with Crippen LogP contribution in [-0.4, -0.2) is 33.9 Å².